The van der Waals surface area contributed by atoms with E-state index in [4.69, 9.17) is 24.7 Å². The number of nitrogens with zero attached hydrogens (tertiary/aromatic N) is 2. The van der Waals surface area contributed by atoms with Gasteiger partial charge in [0.15, 0.2) is 11.5 Å². The molecule has 236 valence electrons. The molecule has 10 nitrogen and oxygen atoms in total. The van der Waals surface area contributed by atoms with E-state index in [-0.39, 0.29) is 17.7 Å². The fraction of sp³-hybridized carbons (Fsp3) is 0.576. The Kier molecular flexibility index (Phi) is 11.3. The van der Waals surface area contributed by atoms with Crippen LogP contribution in [0.5, 0.6) is 17.2 Å². The molecule has 2 heterocycles. The predicted octanol–water partition coefficient (Wildman–Crippen LogP) is 3.72. The van der Waals surface area contributed by atoms with E-state index in [1.165, 1.54) is 26.9 Å². The molecule has 2 unspecified atom stereocenters. The summed E-state index contributed by atoms with van der Waals surface area (Å²) in [5, 5.41) is 3.03. The average molecular weight is 598 g/mol. The molecule has 2 aliphatic rings. The highest BCUT2D eigenvalue weighted by molar-refractivity contribution is 6.05. The Bertz CT molecular complexity index is 1210. The van der Waals surface area contributed by atoms with Crippen LogP contribution in [0.25, 0.3) is 0 Å². The number of quaternary nitrogens is 1. The van der Waals surface area contributed by atoms with E-state index < -0.39 is 6.04 Å². The number of nitrogens with two attached hydrogens (primary N) is 1. The first-order valence-corrected chi connectivity index (χ1v) is 15.4. The first kappa shape index (κ1) is 32.6. The number of likely N-dealkylation sites (tertiary alicyclic amines) is 1. The molecular formula is C33H49N4O6+. The lowest BCUT2D eigenvalue weighted by Gasteiger charge is -2.49. The summed E-state index contributed by atoms with van der Waals surface area (Å²) < 4.78 is 22.6. The van der Waals surface area contributed by atoms with Crippen molar-refractivity contribution in [3.05, 3.63) is 47.5 Å². The molecule has 2 aromatic carbocycles. The zero-order valence-electron chi connectivity index (χ0n) is 26.4. The summed E-state index contributed by atoms with van der Waals surface area (Å²) in [6.07, 6.45) is 3.88. The van der Waals surface area contributed by atoms with Gasteiger partial charge < -0.3 is 39.4 Å². The van der Waals surface area contributed by atoms with Gasteiger partial charge in [0.2, 0.25) is 11.7 Å². The third-order valence-corrected chi connectivity index (χ3v) is 9.25. The van der Waals surface area contributed by atoms with Crippen LogP contribution in [-0.4, -0.2) is 101 Å². The van der Waals surface area contributed by atoms with Gasteiger partial charge in [-0.05, 0) is 49.1 Å². The van der Waals surface area contributed by atoms with Crippen molar-refractivity contribution < 1.29 is 33.0 Å². The molecule has 3 N–H and O–H groups in total. The van der Waals surface area contributed by atoms with Gasteiger partial charge in [-0.15, -0.1) is 0 Å². The Morgan fingerprint density at radius 2 is 1.70 bits per heavy atom. The van der Waals surface area contributed by atoms with Gasteiger partial charge in [-0.2, -0.15) is 0 Å². The van der Waals surface area contributed by atoms with Crippen molar-refractivity contribution >= 4 is 17.5 Å². The maximum Gasteiger partial charge on any atom is 0.255 e. The highest BCUT2D eigenvalue weighted by Crippen LogP contribution is 2.38. The molecule has 4 rings (SSSR count). The highest BCUT2D eigenvalue weighted by atomic mass is 16.5. The molecule has 0 aliphatic carbocycles. The maximum atomic E-state index is 13.2. The third-order valence-electron chi connectivity index (χ3n) is 9.25. The van der Waals surface area contributed by atoms with Crippen LogP contribution in [0, 0.1) is 5.92 Å². The van der Waals surface area contributed by atoms with Crippen LogP contribution in [0.2, 0.25) is 0 Å². The van der Waals surface area contributed by atoms with Gasteiger partial charge in [0.05, 0.1) is 66.3 Å². The molecular weight excluding hydrogens is 548 g/mol. The number of hydrogen-bond donors (Lipinski definition) is 2. The quantitative estimate of drug-likeness (QED) is 0.359. The minimum Gasteiger partial charge on any atom is -0.493 e. The number of benzene rings is 2. The number of carbonyl (C=O) groups is 2. The third kappa shape index (κ3) is 7.60. The van der Waals surface area contributed by atoms with Crippen LogP contribution < -0.4 is 25.3 Å². The van der Waals surface area contributed by atoms with Gasteiger partial charge >= 0.3 is 0 Å². The molecule has 0 saturated carbocycles. The van der Waals surface area contributed by atoms with Crippen LogP contribution in [0.4, 0.5) is 5.69 Å². The van der Waals surface area contributed by atoms with Crippen molar-refractivity contribution in [2.24, 2.45) is 11.7 Å². The van der Waals surface area contributed by atoms with Crippen molar-refractivity contribution in [1.29, 1.82) is 0 Å². The predicted molar refractivity (Wildman–Crippen MR) is 167 cm³/mol. The summed E-state index contributed by atoms with van der Waals surface area (Å²) in [4.78, 5) is 28.1. The van der Waals surface area contributed by atoms with Gasteiger partial charge in [0, 0.05) is 43.6 Å². The number of nitrogens with one attached hydrogen (secondary N) is 1. The van der Waals surface area contributed by atoms with Gasteiger partial charge in [0.1, 0.15) is 0 Å². The van der Waals surface area contributed by atoms with E-state index in [1.54, 1.807) is 12.1 Å². The molecule has 0 aromatic heterocycles. The zero-order chi connectivity index (χ0) is 31.0. The van der Waals surface area contributed by atoms with Gasteiger partial charge in [-0.3, -0.25) is 9.59 Å². The van der Waals surface area contributed by atoms with E-state index in [2.05, 4.69) is 31.3 Å². The number of anilines is 1. The molecule has 2 saturated heterocycles. The lowest BCUT2D eigenvalue weighted by Crippen LogP contribution is -2.61. The second kappa shape index (κ2) is 14.9. The number of methoxy groups -OCH3 is 3. The molecule has 2 aliphatic heterocycles. The fourth-order valence-electron chi connectivity index (χ4n) is 6.71. The Balaban J connectivity index is 1.41. The SMILES string of the molecule is CCC[N+]1(C(C)Cc2cccc(NC(=O)c3cc(OC)c(OC)c(OC)c3)c2)CCC(C(N)C(=O)N2CCOCC2)CC1. The second-order valence-corrected chi connectivity index (χ2v) is 11.8. The standard InChI is InChI=1S/C33H48N4O6/c1-6-14-37(15-10-25(11-16-37)30(34)33(39)36-12-17-43-18-13-36)23(2)19-24-8-7-9-27(20-24)35-32(38)26-21-28(40-3)31(42-5)29(22-26)41-4/h7-9,20-23,25,30H,6,10-19,34H2,1-5H3/p+1. The Morgan fingerprint density at radius 3 is 2.28 bits per heavy atom. The van der Waals surface area contributed by atoms with Crippen molar-refractivity contribution in [3.8, 4) is 17.2 Å². The molecule has 0 bridgehead atoms. The number of hydrogen-bond acceptors (Lipinski definition) is 7. The van der Waals surface area contributed by atoms with Crippen molar-refractivity contribution in [2.45, 2.75) is 51.6 Å². The van der Waals surface area contributed by atoms with E-state index in [0.717, 1.165) is 55.5 Å². The first-order chi connectivity index (χ1) is 20.7. The van der Waals surface area contributed by atoms with Gasteiger partial charge in [-0.1, -0.05) is 19.1 Å². The van der Waals surface area contributed by atoms with Crippen LogP contribution in [0.1, 0.15) is 49.0 Å². The van der Waals surface area contributed by atoms with Crippen molar-refractivity contribution in [1.82, 2.24) is 4.90 Å². The van der Waals surface area contributed by atoms with E-state index >= 15 is 0 Å². The number of rotatable bonds is 12. The summed E-state index contributed by atoms with van der Waals surface area (Å²) in [6, 6.07) is 11.3. The van der Waals surface area contributed by atoms with Crippen LogP contribution in [0.3, 0.4) is 0 Å². The summed E-state index contributed by atoms with van der Waals surface area (Å²) in [7, 11) is 4.59. The summed E-state index contributed by atoms with van der Waals surface area (Å²) in [6.45, 7) is 10.1. The topological polar surface area (TPSA) is 112 Å². The number of carbonyl (C=O) groups excluding carboxylic acids is 2. The number of piperidine rings is 1. The smallest absolute Gasteiger partial charge is 0.255 e. The number of ether oxygens (including phenoxy) is 4. The Hall–Kier alpha value is -3.34. The second-order valence-electron chi connectivity index (χ2n) is 11.8. The lowest BCUT2D eigenvalue weighted by molar-refractivity contribution is -0.954. The summed E-state index contributed by atoms with van der Waals surface area (Å²) in [5.74, 6) is 1.31. The van der Waals surface area contributed by atoms with Gasteiger partial charge in [-0.25, -0.2) is 0 Å². The molecule has 2 fully saturated rings. The minimum atomic E-state index is -0.442. The van der Waals surface area contributed by atoms with E-state index in [1.807, 2.05) is 17.0 Å². The van der Waals surface area contributed by atoms with Crippen molar-refractivity contribution in [3.63, 3.8) is 0 Å². The Labute approximate surface area is 256 Å². The number of amides is 2. The van der Waals surface area contributed by atoms with Crippen molar-refractivity contribution in [2.75, 3.05) is 72.6 Å². The molecule has 10 heteroatoms. The monoisotopic (exact) mass is 597 g/mol. The first-order valence-electron chi connectivity index (χ1n) is 15.4. The van der Waals surface area contributed by atoms with E-state index in [9.17, 15) is 9.59 Å². The number of morpholine rings is 1. The average Bonchev–Trinajstić information content (AvgIpc) is 3.04. The van der Waals surface area contributed by atoms with Gasteiger partial charge in [0.25, 0.3) is 5.91 Å². The largest absolute Gasteiger partial charge is 0.493 e. The van der Waals surface area contributed by atoms with E-state index in [0.29, 0.717) is 55.2 Å². The van der Waals surface area contributed by atoms with Crippen LogP contribution >= 0.6 is 0 Å². The summed E-state index contributed by atoms with van der Waals surface area (Å²) >= 11 is 0. The fourth-order valence-corrected chi connectivity index (χ4v) is 6.71. The molecule has 2 amide bonds. The summed E-state index contributed by atoms with van der Waals surface area (Å²) in [5.41, 5.74) is 8.85. The lowest BCUT2D eigenvalue weighted by atomic mass is 9.86. The van der Waals surface area contributed by atoms with Crippen LogP contribution in [0.15, 0.2) is 36.4 Å². The molecule has 2 atom stereocenters. The van der Waals surface area contributed by atoms with Crippen LogP contribution in [-0.2, 0) is 16.0 Å². The molecule has 0 spiro atoms. The normalized spacial score (nSPS) is 21.9. The highest BCUT2D eigenvalue weighted by Gasteiger charge is 2.41. The molecule has 43 heavy (non-hydrogen) atoms. The molecule has 2 aromatic rings. The maximum absolute atomic E-state index is 13.2. The zero-order valence-corrected chi connectivity index (χ0v) is 26.4. The minimum absolute atomic E-state index is 0.0715. The Morgan fingerprint density at radius 1 is 1.05 bits per heavy atom. The molecule has 0 radical (unpaired) electrons.